The molecular weight excluding hydrogens is 501 g/mol. The lowest BCUT2D eigenvalue weighted by Gasteiger charge is -2.35. The summed E-state index contributed by atoms with van der Waals surface area (Å²) < 4.78 is 2.30. The number of fused-ring (bicyclic) bond motifs is 1. The number of piperazine rings is 1. The van der Waals surface area contributed by atoms with Crippen molar-refractivity contribution >= 4 is 41.0 Å². The number of likely N-dealkylation sites (N-methyl/N-ethyl adjacent to an activating group) is 1. The lowest BCUT2D eigenvalue weighted by molar-refractivity contribution is 0.124. The summed E-state index contributed by atoms with van der Waals surface area (Å²) >= 11 is 0. The smallest absolute Gasteiger partial charge is 0.190 e. The third kappa shape index (κ3) is 7.61. The quantitative estimate of drug-likeness (QED) is 0.221. The molecule has 1 saturated heterocycles. The van der Waals surface area contributed by atoms with Gasteiger partial charge >= 0.3 is 0 Å². The maximum Gasteiger partial charge on any atom is 0.190 e. The molecule has 0 amide bonds. The van der Waals surface area contributed by atoms with Crippen LogP contribution in [-0.2, 0) is 6.54 Å². The monoisotopic (exact) mass is 541 g/mol. The number of rotatable bonds is 9. The van der Waals surface area contributed by atoms with E-state index >= 15 is 0 Å². The van der Waals surface area contributed by atoms with E-state index in [-0.39, 0.29) is 24.0 Å². The van der Waals surface area contributed by atoms with Crippen molar-refractivity contribution in [2.24, 2.45) is 10.9 Å². The second-order valence-electron chi connectivity index (χ2n) is 8.37. The fourth-order valence-corrected chi connectivity index (χ4v) is 4.21. The van der Waals surface area contributed by atoms with Crippen molar-refractivity contribution in [3.8, 4) is 0 Å². The van der Waals surface area contributed by atoms with E-state index in [2.05, 4.69) is 73.9 Å². The largest absolute Gasteiger partial charge is 0.356 e. The number of hydrogen-bond donors (Lipinski definition) is 2. The average molecular weight is 542 g/mol. The van der Waals surface area contributed by atoms with E-state index in [0.29, 0.717) is 5.92 Å². The highest BCUT2D eigenvalue weighted by molar-refractivity contribution is 14.0. The number of nitrogens with zero attached hydrogens (tertiary/aromatic N) is 5. The number of aliphatic imine (C=N–C) groups is 1. The molecule has 0 radical (unpaired) electrons. The molecule has 2 N–H and O–H groups in total. The van der Waals surface area contributed by atoms with Gasteiger partial charge in [-0.25, -0.2) is 4.98 Å². The molecule has 1 unspecified atom stereocenters. The SMILES string of the molecule is CCN1CCN(CC(C)CNC(=NC)NCCCn2c(C)nc3ccccc32)CC1.I. The molecule has 3 rings (SSSR count). The van der Waals surface area contributed by atoms with Gasteiger partial charge in [-0.15, -0.1) is 24.0 Å². The number of halogens is 1. The van der Waals surface area contributed by atoms with E-state index in [1.165, 1.54) is 38.2 Å². The maximum absolute atomic E-state index is 4.65. The molecule has 7 nitrogen and oxygen atoms in total. The fourth-order valence-electron chi connectivity index (χ4n) is 4.21. The summed E-state index contributed by atoms with van der Waals surface area (Å²) in [5.41, 5.74) is 2.29. The van der Waals surface area contributed by atoms with Crippen LogP contribution in [0, 0.1) is 12.8 Å². The van der Waals surface area contributed by atoms with Gasteiger partial charge in [-0.2, -0.15) is 0 Å². The molecule has 0 bridgehead atoms. The van der Waals surface area contributed by atoms with Gasteiger partial charge in [0.25, 0.3) is 0 Å². The number of imidazole rings is 1. The van der Waals surface area contributed by atoms with Crippen LogP contribution in [0.2, 0.25) is 0 Å². The highest BCUT2D eigenvalue weighted by atomic mass is 127. The first kappa shape index (κ1) is 25.9. The molecule has 0 spiro atoms. The van der Waals surface area contributed by atoms with Gasteiger partial charge in [-0.1, -0.05) is 26.0 Å². The third-order valence-corrected chi connectivity index (χ3v) is 6.02. The van der Waals surface area contributed by atoms with Crippen LogP contribution < -0.4 is 10.6 Å². The summed E-state index contributed by atoms with van der Waals surface area (Å²) in [6.07, 6.45) is 1.03. The summed E-state index contributed by atoms with van der Waals surface area (Å²) in [5.74, 6) is 2.56. The van der Waals surface area contributed by atoms with E-state index in [1.807, 2.05) is 13.1 Å². The van der Waals surface area contributed by atoms with E-state index in [1.54, 1.807) is 0 Å². The number of nitrogens with one attached hydrogen (secondary N) is 2. The molecule has 31 heavy (non-hydrogen) atoms. The molecule has 8 heteroatoms. The molecule has 1 aliphatic rings. The molecule has 1 fully saturated rings. The summed E-state index contributed by atoms with van der Waals surface area (Å²) in [6, 6.07) is 8.34. The Bertz CT molecular complexity index is 811. The lowest BCUT2D eigenvalue weighted by Crippen LogP contribution is -2.48. The molecule has 1 aromatic carbocycles. The zero-order chi connectivity index (χ0) is 21.3. The topological polar surface area (TPSA) is 60.7 Å². The minimum atomic E-state index is 0. The van der Waals surface area contributed by atoms with Crippen LogP contribution >= 0.6 is 24.0 Å². The van der Waals surface area contributed by atoms with Gasteiger partial charge in [0.2, 0.25) is 0 Å². The number of aromatic nitrogens is 2. The van der Waals surface area contributed by atoms with Gasteiger partial charge in [-0.3, -0.25) is 4.99 Å². The van der Waals surface area contributed by atoms with Gasteiger partial charge in [0, 0.05) is 59.4 Å². The molecule has 2 heterocycles. The Morgan fingerprint density at radius 1 is 1.13 bits per heavy atom. The summed E-state index contributed by atoms with van der Waals surface area (Å²) in [6.45, 7) is 16.5. The van der Waals surface area contributed by atoms with Crippen molar-refractivity contribution in [3.05, 3.63) is 30.1 Å². The van der Waals surface area contributed by atoms with Crippen LogP contribution in [0.4, 0.5) is 0 Å². The lowest BCUT2D eigenvalue weighted by atomic mass is 10.1. The number of para-hydroxylation sites is 2. The van der Waals surface area contributed by atoms with Gasteiger partial charge in [0.05, 0.1) is 11.0 Å². The van der Waals surface area contributed by atoms with Crippen molar-refractivity contribution in [3.63, 3.8) is 0 Å². The van der Waals surface area contributed by atoms with Crippen LogP contribution in [-0.4, -0.2) is 84.7 Å². The first-order chi connectivity index (χ1) is 14.6. The van der Waals surface area contributed by atoms with E-state index in [0.717, 1.165) is 49.9 Å². The minimum Gasteiger partial charge on any atom is -0.356 e. The van der Waals surface area contributed by atoms with Crippen molar-refractivity contribution in [1.82, 2.24) is 30.0 Å². The van der Waals surface area contributed by atoms with Crippen LogP contribution in [0.25, 0.3) is 11.0 Å². The Kier molecular flexibility index (Phi) is 11.0. The molecule has 0 saturated carbocycles. The molecule has 1 atom stereocenters. The van der Waals surface area contributed by atoms with Crippen LogP contribution in [0.15, 0.2) is 29.3 Å². The third-order valence-electron chi connectivity index (χ3n) is 6.02. The summed E-state index contributed by atoms with van der Waals surface area (Å²) in [7, 11) is 1.84. The van der Waals surface area contributed by atoms with Gasteiger partial charge in [0.1, 0.15) is 5.82 Å². The highest BCUT2D eigenvalue weighted by Gasteiger charge is 2.17. The maximum atomic E-state index is 4.65. The van der Waals surface area contributed by atoms with Crippen molar-refractivity contribution in [2.75, 3.05) is 59.4 Å². The first-order valence-corrected chi connectivity index (χ1v) is 11.4. The number of benzene rings is 1. The second kappa shape index (κ2) is 13.2. The Balaban J connectivity index is 0.00000341. The normalized spacial score (nSPS) is 16.8. The van der Waals surface area contributed by atoms with E-state index < -0.39 is 0 Å². The van der Waals surface area contributed by atoms with E-state index in [9.17, 15) is 0 Å². The molecule has 0 aliphatic carbocycles. The molecule has 1 aliphatic heterocycles. The van der Waals surface area contributed by atoms with Crippen LogP contribution in [0.3, 0.4) is 0 Å². The van der Waals surface area contributed by atoms with Crippen LogP contribution in [0.5, 0.6) is 0 Å². The van der Waals surface area contributed by atoms with Crippen LogP contribution in [0.1, 0.15) is 26.1 Å². The van der Waals surface area contributed by atoms with Gasteiger partial charge < -0.3 is 25.0 Å². The second-order valence-corrected chi connectivity index (χ2v) is 8.37. The summed E-state index contributed by atoms with van der Waals surface area (Å²) in [5, 5.41) is 6.95. The standard InChI is InChI=1S/C23H39N7.HI/c1-5-28-13-15-29(16-14-28)18-19(2)17-26-23(24-4)25-11-8-12-30-20(3)27-21-9-6-7-10-22(21)30;/h6-7,9-10,19H,5,8,11-18H2,1-4H3,(H2,24,25,26);1H. The predicted molar refractivity (Wildman–Crippen MR) is 142 cm³/mol. The van der Waals surface area contributed by atoms with Gasteiger partial charge in [-0.05, 0) is 37.9 Å². The Hall–Kier alpha value is -1.39. The molecular formula is C23H40IN7. The number of aryl methyl sites for hydroxylation is 2. The van der Waals surface area contributed by atoms with Crippen molar-refractivity contribution < 1.29 is 0 Å². The van der Waals surface area contributed by atoms with E-state index in [4.69, 9.17) is 0 Å². The Morgan fingerprint density at radius 3 is 2.55 bits per heavy atom. The zero-order valence-corrected chi connectivity index (χ0v) is 21.9. The first-order valence-electron chi connectivity index (χ1n) is 11.4. The number of guanidine groups is 1. The predicted octanol–water partition coefficient (Wildman–Crippen LogP) is 2.79. The fraction of sp³-hybridized carbons (Fsp3) is 0.652. The molecule has 2 aromatic rings. The summed E-state index contributed by atoms with van der Waals surface area (Å²) in [4.78, 5) is 14.2. The average Bonchev–Trinajstić information content (AvgIpc) is 3.08. The Morgan fingerprint density at radius 2 is 1.84 bits per heavy atom. The molecule has 1 aromatic heterocycles. The van der Waals surface area contributed by atoms with Crippen molar-refractivity contribution in [2.45, 2.75) is 33.7 Å². The minimum absolute atomic E-state index is 0. The zero-order valence-electron chi connectivity index (χ0n) is 19.6. The highest BCUT2D eigenvalue weighted by Crippen LogP contribution is 2.15. The van der Waals surface area contributed by atoms with Crippen molar-refractivity contribution in [1.29, 1.82) is 0 Å². The number of hydrogen-bond acceptors (Lipinski definition) is 4. The molecule has 174 valence electrons. The Labute approximate surface area is 204 Å². The van der Waals surface area contributed by atoms with Gasteiger partial charge in [0.15, 0.2) is 5.96 Å².